The maximum absolute atomic E-state index is 5.79. The molecule has 0 atom stereocenters. The number of hydrogen-bond donors (Lipinski definition) is 0. The summed E-state index contributed by atoms with van der Waals surface area (Å²) < 4.78 is 15.1. The summed E-state index contributed by atoms with van der Waals surface area (Å²) in [6.45, 7) is 0. The van der Waals surface area contributed by atoms with Gasteiger partial charge >= 0.3 is 0 Å². The SMILES string of the molecule is c1ccc(-c2nc3c(-c4ccc(N(c5ccccc5)c5ccc6c7ccccc7n(-c7ccccc7)c6c5)cc4)c4nsnc4c(-c4ccc(N(c5ccccc5)c5ccc6c7ccccc7n(-c7ccccc7)c6c5)cc4)c3nc2-c2ccccc2)cc1. The van der Waals surface area contributed by atoms with Crippen LogP contribution in [-0.4, -0.2) is 27.8 Å². The molecule has 0 aliphatic carbocycles. The second-order valence-corrected chi connectivity index (χ2v) is 22.8. The zero-order chi connectivity index (χ0) is 58.8. The molecule has 0 saturated carbocycles. The predicted molar refractivity (Wildman–Crippen MR) is 370 cm³/mol. The number of aromatic nitrogens is 6. The zero-order valence-corrected chi connectivity index (χ0v) is 48.8. The predicted octanol–water partition coefficient (Wildman–Crippen LogP) is 21.4. The lowest BCUT2D eigenvalue weighted by Crippen LogP contribution is -2.10. The molecule has 17 aromatic rings. The van der Waals surface area contributed by atoms with Crippen molar-refractivity contribution in [2.24, 2.45) is 0 Å². The fourth-order valence-corrected chi connectivity index (χ4v) is 13.7. The molecule has 0 aliphatic rings. The maximum atomic E-state index is 5.79. The molecule has 8 nitrogen and oxygen atoms in total. The summed E-state index contributed by atoms with van der Waals surface area (Å²) >= 11 is 1.21. The summed E-state index contributed by atoms with van der Waals surface area (Å²) in [7, 11) is 0. The van der Waals surface area contributed by atoms with E-state index in [0.29, 0.717) is 0 Å². The van der Waals surface area contributed by atoms with Gasteiger partial charge in [-0.1, -0.05) is 206 Å². The van der Waals surface area contributed by atoms with E-state index in [4.69, 9.17) is 18.7 Å². The number of nitrogens with zero attached hydrogens (tertiary/aromatic N) is 8. The van der Waals surface area contributed by atoms with Crippen LogP contribution in [0.2, 0.25) is 0 Å². The number of rotatable bonds is 12. The Morgan fingerprint density at radius 3 is 0.955 bits per heavy atom. The minimum absolute atomic E-state index is 0.739. The van der Waals surface area contributed by atoms with Crippen LogP contribution in [0.4, 0.5) is 34.1 Å². The molecule has 418 valence electrons. The second-order valence-electron chi connectivity index (χ2n) is 22.3. The highest BCUT2D eigenvalue weighted by atomic mass is 32.1. The average Bonchev–Trinajstić information content (AvgIpc) is 1.90. The molecule has 4 heterocycles. The lowest BCUT2D eigenvalue weighted by molar-refractivity contribution is 1.18. The lowest BCUT2D eigenvalue weighted by atomic mass is 9.93. The zero-order valence-electron chi connectivity index (χ0n) is 48.0. The molecule has 4 aromatic heterocycles. The van der Waals surface area contributed by atoms with E-state index in [1.54, 1.807) is 0 Å². The number of fused-ring (bicyclic) bond motifs is 8. The summed E-state index contributed by atoms with van der Waals surface area (Å²) in [6.07, 6.45) is 0. The number of hydrogen-bond acceptors (Lipinski definition) is 7. The molecular weight excluding hydrogens is 1110 g/mol. The van der Waals surface area contributed by atoms with Crippen LogP contribution in [0.5, 0.6) is 0 Å². The molecule has 0 unspecified atom stereocenters. The molecule has 0 radical (unpaired) electrons. The van der Waals surface area contributed by atoms with Crippen LogP contribution in [0.1, 0.15) is 0 Å². The van der Waals surface area contributed by atoms with Crippen molar-refractivity contribution in [2.75, 3.05) is 9.80 Å². The van der Waals surface area contributed by atoms with Gasteiger partial charge in [0.05, 0.1) is 45.2 Å². The minimum atomic E-state index is 0.739. The highest BCUT2D eigenvalue weighted by Crippen LogP contribution is 2.47. The van der Waals surface area contributed by atoms with Crippen LogP contribution < -0.4 is 9.80 Å². The topological polar surface area (TPSA) is 67.9 Å². The monoisotopic (exact) mass is 1160 g/mol. The summed E-state index contributed by atoms with van der Waals surface area (Å²) in [4.78, 5) is 16.3. The van der Waals surface area contributed by atoms with Gasteiger partial charge in [0.15, 0.2) is 0 Å². The van der Waals surface area contributed by atoms with Gasteiger partial charge in [-0.05, 0) is 120 Å². The molecule has 89 heavy (non-hydrogen) atoms. The summed E-state index contributed by atoms with van der Waals surface area (Å²) in [5.74, 6) is 0. The first kappa shape index (κ1) is 51.6. The Morgan fingerprint density at radius 2 is 0.562 bits per heavy atom. The van der Waals surface area contributed by atoms with Gasteiger partial charge in [0, 0.05) is 89.3 Å². The largest absolute Gasteiger partial charge is 0.310 e. The fourth-order valence-electron chi connectivity index (χ4n) is 13.2. The molecule has 0 amide bonds. The first-order valence-electron chi connectivity index (χ1n) is 29.9. The van der Waals surface area contributed by atoms with E-state index in [-0.39, 0.29) is 0 Å². The normalized spacial score (nSPS) is 11.6. The second kappa shape index (κ2) is 21.6. The first-order valence-corrected chi connectivity index (χ1v) is 30.6. The van der Waals surface area contributed by atoms with E-state index in [1.165, 1.54) is 33.3 Å². The third-order valence-corrected chi connectivity index (χ3v) is 17.7. The average molecular weight is 1160 g/mol. The highest BCUT2D eigenvalue weighted by molar-refractivity contribution is 7.00. The first-order chi connectivity index (χ1) is 44.2. The van der Waals surface area contributed by atoms with Crippen molar-refractivity contribution in [3.05, 3.63) is 315 Å². The summed E-state index contributed by atoms with van der Waals surface area (Å²) in [5, 5.41) is 4.82. The Kier molecular flexibility index (Phi) is 12.5. The molecule has 9 heteroatoms. The van der Waals surface area contributed by atoms with E-state index in [0.717, 1.165) is 134 Å². The van der Waals surface area contributed by atoms with E-state index in [2.05, 4.69) is 322 Å². The van der Waals surface area contributed by atoms with Crippen molar-refractivity contribution >= 4 is 112 Å². The van der Waals surface area contributed by atoms with Gasteiger partial charge in [-0.25, -0.2) is 9.97 Å². The molecular formula is C80H52N8S. The van der Waals surface area contributed by atoms with Crippen molar-refractivity contribution in [1.29, 1.82) is 0 Å². The summed E-state index contributed by atoms with van der Waals surface area (Å²) in [6, 6.07) is 112. The Bertz CT molecular complexity index is 5120. The standard InChI is InChI=1S/C80H52N8S/c1-7-23-55(24-8-1)75-76(56-25-9-2-10-26-56)82-78-74(54-41-45-62(46-42-54)86(58-29-13-4-14-30-58)64-48-50-68-66-36-20-22-38-70(66)88(72(68)52-64)60-33-17-6-18-34-60)80-79(83-89-84-80)73(77(78)81-75)53-39-43-61(44-40-53)85(57-27-11-3-12-28-57)63-47-49-67-65-35-19-21-37-69(65)87(71(67)51-63)59-31-15-5-16-32-59/h1-52H. The van der Waals surface area contributed by atoms with E-state index in [1.807, 2.05) is 12.1 Å². The Balaban J connectivity index is 0.837. The molecule has 0 fully saturated rings. The molecule has 17 rings (SSSR count). The molecule has 0 saturated heterocycles. The van der Waals surface area contributed by atoms with E-state index >= 15 is 0 Å². The molecule has 13 aromatic carbocycles. The van der Waals surface area contributed by atoms with Gasteiger partial charge in [-0.15, -0.1) is 0 Å². The van der Waals surface area contributed by atoms with Gasteiger partial charge in [0.1, 0.15) is 22.1 Å². The third kappa shape index (κ3) is 8.82. The van der Waals surface area contributed by atoms with Gasteiger partial charge in [0.25, 0.3) is 0 Å². The lowest BCUT2D eigenvalue weighted by Gasteiger charge is -2.26. The van der Waals surface area contributed by atoms with Crippen molar-refractivity contribution in [3.8, 4) is 56.1 Å². The van der Waals surface area contributed by atoms with Crippen LogP contribution in [0.3, 0.4) is 0 Å². The third-order valence-electron chi connectivity index (χ3n) is 17.1. The number of benzene rings is 13. The van der Waals surface area contributed by atoms with Gasteiger partial charge < -0.3 is 18.9 Å². The van der Waals surface area contributed by atoms with Crippen molar-refractivity contribution in [3.63, 3.8) is 0 Å². The van der Waals surface area contributed by atoms with E-state index in [9.17, 15) is 0 Å². The van der Waals surface area contributed by atoms with Crippen molar-refractivity contribution in [2.45, 2.75) is 0 Å². The molecule has 0 bridgehead atoms. The Labute approximate surface area is 517 Å². The molecule has 0 N–H and O–H groups in total. The number of para-hydroxylation sites is 6. The van der Waals surface area contributed by atoms with E-state index < -0.39 is 0 Å². The van der Waals surface area contributed by atoms with Gasteiger partial charge in [0.2, 0.25) is 0 Å². The van der Waals surface area contributed by atoms with Crippen LogP contribution in [0.25, 0.3) is 122 Å². The quantitative estimate of drug-likeness (QED) is 0.121. The molecule has 0 spiro atoms. The Hall–Kier alpha value is -11.8. The maximum Gasteiger partial charge on any atom is 0.115 e. The molecule has 0 aliphatic heterocycles. The van der Waals surface area contributed by atoms with Crippen molar-refractivity contribution < 1.29 is 0 Å². The minimum Gasteiger partial charge on any atom is -0.310 e. The van der Waals surface area contributed by atoms with Crippen LogP contribution in [0, 0.1) is 0 Å². The van der Waals surface area contributed by atoms with Gasteiger partial charge in [-0.2, -0.15) is 8.75 Å². The van der Waals surface area contributed by atoms with Crippen LogP contribution in [-0.2, 0) is 0 Å². The Morgan fingerprint density at radius 1 is 0.247 bits per heavy atom. The summed E-state index contributed by atoms with van der Waals surface area (Å²) in [5.41, 5.74) is 23.1. The van der Waals surface area contributed by atoms with Crippen molar-refractivity contribution in [1.82, 2.24) is 27.8 Å². The smallest absolute Gasteiger partial charge is 0.115 e. The highest BCUT2D eigenvalue weighted by Gasteiger charge is 2.27. The number of anilines is 6. The van der Waals surface area contributed by atoms with Crippen LogP contribution in [0.15, 0.2) is 315 Å². The van der Waals surface area contributed by atoms with Crippen LogP contribution >= 0.6 is 11.7 Å². The van der Waals surface area contributed by atoms with Gasteiger partial charge in [-0.3, -0.25) is 0 Å². The fraction of sp³-hybridized carbons (Fsp3) is 0.